The molecule has 4 rings (SSSR count). The molecule has 3 heterocycles. The molecule has 0 spiro atoms. The van der Waals surface area contributed by atoms with Gasteiger partial charge in [0.1, 0.15) is 5.60 Å². The Balaban J connectivity index is 1.91. The van der Waals surface area contributed by atoms with Crippen molar-refractivity contribution < 1.29 is 24.4 Å². The minimum absolute atomic E-state index is 0.0552. The zero-order chi connectivity index (χ0) is 10.5. The molecule has 0 radical (unpaired) electrons. The van der Waals surface area contributed by atoms with E-state index in [0.717, 1.165) is 0 Å². The molecule has 0 aromatic heterocycles. The average molecular weight is 214 g/mol. The topological polar surface area (TPSA) is 68.2 Å². The Morgan fingerprint density at radius 3 is 2.87 bits per heavy atom. The van der Waals surface area contributed by atoms with Gasteiger partial charge in [0.15, 0.2) is 17.9 Å². The summed E-state index contributed by atoms with van der Waals surface area (Å²) in [6, 6.07) is 0. The summed E-state index contributed by atoms with van der Waals surface area (Å²) in [6.45, 7) is 2.24. The molecule has 3 bridgehead atoms. The van der Waals surface area contributed by atoms with Crippen molar-refractivity contribution in [1.29, 1.82) is 0 Å². The molecule has 5 heteroatoms. The molecule has 0 aromatic carbocycles. The smallest absolute Gasteiger partial charge is 0.198 e. The summed E-state index contributed by atoms with van der Waals surface area (Å²) in [7, 11) is 0. The second-order valence-electron chi connectivity index (χ2n) is 5.43. The Morgan fingerprint density at radius 2 is 2.07 bits per heavy atom. The summed E-state index contributed by atoms with van der Waals surface area (Å²) in [5.41, 5.74) is -0.835. The van der Waals surface area contributed by atoms with E-state index in [1.54, 1.807) is 6.92 Å². The average Bonchev–Trinajstić information content (AvgIpc) is 2.49. The number of ether oxygens (including phenoxy) is 3. The molecule has 5 nitrogen and oxygen atoms in total. The van der Waals surface area contributed by atoms with Gasteiger partial charge in [-0.05, 0) is 6.92 Å². The van der Waals surface area contributed by atoms with Crippen molar-refractivity contribution in [3.63, 3.8) is 0 Å². The van der Waals surface area contributed by atoms with Crippen LogP contribution < -0.4 is 0 Å². The van der Waals surface area contributed by atoms with Crippen molar-refractivity contribution in [2.45, 2.75) is 43.2 Å². The maximum Gasteiger partial charge on any atom is 0.198 e. The highest BCUT2D eigenvalue weighted by Crippen LogP contribution is 2.63. The molecule has 3 saturated heterocycles. The van der Waals surface area contributed by atoms with Gasteiger partial charge in [-0.1, -0.05) is 0 Å². The number of fused-ring (bicyclic) bond motifs is 2. The van der Waals surface area contributed by atoms with E-state index in [2.05, 4.69) is 0 Å². The lowest BCUT2D eigenvalue weighted by atomic mass is 9.68. The third-order valence-corrected chi connectivity index (χ3v) is 4.57. The minimum Gasteiger partial charge on any atom is -0.365 e. The van der Waals surface area contributed by atoms with Crippen molar-refractivity contribution in [1.82, 2.24) is 0 Å². The largest absolute Gasteiger partial charge is 0.365 e. The molecule has 84 valence electrons. The van der Waals surface area contributed by atoms with Gasteiger partial charge in [0.05, 0.1) is 6.61 Å². The zero-order valence-corrected chi connectivity index (χ0v) is 8.47. The van der Waals surface area contributed by atoms with Crippen molar-refractivity contribution in [2.24, 2.45) is 11.8 Å². The Hall–Kier alpha value is -0.200. The molecule has 3 aliphatic heterocycles. The van der Waals surface area contributed by atoms with Crippen LogP contribution in [0.3, 0.4) is 0 Å². The van der Waals surface area contributed by atoms with Crippen molar-refractivity contribution >= 4 is 0 Å². The summed E-state index contributed by atoms with van der Waals surface area (Å²) < 4.78 is 16.8. The lowest BCUT2D eigenvalue weighted by Gasteiger charge is -2.49. The van der Waals surface area contributed by atoms with Gasteiger partial charge in [0.2, 0.25) is 0 Å². The first-order valence-electron chi connectivity index (χ1n) is 5.40. The number of aliphatic hydroxyl groups is 2. The molecule has 4 aliphatic rings. The van der Waals surface area contributed by atoms with Gasteiger partial charge in [-0.15, -0.1) is 0 Å². The molecule has 0 amide bonds. The number of rotatable bonds is 0. The first-order chi connectivity index (χ1) is 6.96. The minimum atomic E-state index is -1.24. The lowest BCUT2D eigenvalue weighted by molar-refractivity contribution is -0.320. The van der Waals surface area contributed by atoms with Crippen LogP contribution in [0.1, 0.15) is 19.8 Å². The maximum absolute atomic E-state index is 10.3. The van der Waals surface area contributed by atoms with E-state index in [1.807, 2.05) is 0 Å². The second-order valence-corrected chi connectivity index (χ2v) is 5.43. The molecule has 2 N–H and O–H groups in total. The zero-order valence-electron chi connectivity index (χ0n) is 8.47. The molecule has 4 fully saturated rings. The fraction of sp³-hybridized carbons (Fsp3) is 1.00. The highest BCUT2D eigenvalue weighted by Gasteiger charge is 2.75. The van der Waals surface area contributed by atoms with Crippen LogP contribution in [-0.4, -0.2) is 40.3 Å². The number of hydrogen-bond acceptors (Lipinski definition) is 5. The third kappa shape index (κ3) is 0.775. The molecule has 1 aliphatic carbocycles. The first-order valence-corrected chi connectivity index (χ1v) is 5.40. The predicted molar refractivity (Wildman–Crippen MR) is 46.4 cm³/mol. The van der Waals surface area contributed by atoms with Crippen LogP contribution in [0.15, 0.2) is 0 Å². The standard InChI is InChI=1S/C10H14O5/c1-8-4-9(11)6-2-10(8,12)15-7(14-8)5(6)3-13-9/h5-7,11-12H,2-4H2,1H3/t5-,6+,7?,8-,9+,10+/m0/s1. The van der Waals surface area contributed by atoms with Crippen LogP contribution in [0.4, 0.5) is 0 Å². The molecule has 15 heavy (non-hydrogen) atoms. The molecule has 1 saturated carbocycles. The Morgan fingerprint density at radius 1 is 1.27 bits per heavy atom. The van der Waals surface area contributed by atoms with Crippen molar-refractivity contribution in [3.05, 3.63) is 0 Å². The summed E-state index contributed by atoms with van der Waals surface area (Å²) in [5.74, 6) is -2.36. The van der Waals surface area contributed by atoms with Crippen LogP contribution in [0, 0.1) is 11.8 Å². The van der Waals surface area contributed by atoms with Crippen molar-refractivity contribution in [3.8, 4) is 0 Å². The fourth-order valence-corrected chi connectivity index (χ4v) is 3.65. The Labute approximate surface area is 86.9 Å². The summed E-state index contributed by atoms with van der Waals surface area (Å²) in [6.07, 6.45) is 0.269. The van der Waals surface area contributed by atoms with Gasteiger partial charge < -0.3 is 24.4 Å². The first kappa shape index (κ1) is 8.90. The van der Waals surface area contributed by atoms with Gasteiger partial charge in [-0.2, -0.15) is 0 Å². The summed E-state index contributed by atoms with van der Waals surface area (Å²) >= 11 is 0. The molecule has 0 aromatic rings. The molecule has 1 unspecified atom stereocenters. The third-order valence-electron chi connectivity index (χ3n) is 4.57. The van der Waals surface area contributed by atoms with Gasteiger partial charge in [-0.25, -0.2) is 0 Å². The SMILES string of the molecule is C[C@]12C[C@@]3(O)OC[C@@H]4C(O[C@]1(O)C[C@H]43)O2. The van der Waals surface area contributed by atoms with Crippen molar-refractivity contribution in [2.75, 3.05) is 6.61 Å². The molecular formula is C10H14O5. The summed E-state index contributed by atoms with van der Waals surface area (Å²) in [4.78, 5) is 0. The van der Waals surface area contributed by atoms with Gasteiger partial charge >= 0.3 is 0 Å². The Kier molecular flexibility index (Phi) is 1.25. The van der Waals surface area contributed by atoms with E-state index in [4.69, 9.17) is 14.2 Å². The predicted octanol–water partition coefficient (Wildman–Crippen LogP) is -0.435. The van der Waals surface area contributed by atoms with E-state index in [-0.39, 0.29) is 18.3 Å². The maximum atomic E-state index is 10.3. The molecule has 6 atom stereocenters. The van der Waals surface area contributed by atoms with E-state index < -0.39 is 23.5 Å². The lowest BCUT2D eigenvalue weighted by Crippen LogP contribution is -2.63. The van der Waals surface area contributed by atoms with E-state index in [9.17, 15) is 10.2 Å². The quantitative estimate of drug-likeness (QED) is 0.572. The van der Waals surface area contributed by atoms with E-state index in [0.29, 0.717) is 13.0 Å². The van der Waals surface area contributed by atoms with Gasteiger partial charge in [0.25, 0.3) is 0 Å². The second kappa shape index (κ2) is 2.10. The van der Waals surface area contributed by atoms with Gasteiger partial charge in [0, 0.05) is 24.7 Å². The van der Waals surface area contributed by atoms with Crippen LogP contribution in [0.5, 0.6) is 0 Å². The van der Waals surface area contributed by atoms with E-state index >= 15 is 0 Å². The van der Waals surface area contributed by atoms with Crippen LogP contribution in [0.2, 0.25) is 0 Å². The monoisotopic (exact) mass is 214 g/mol. The summed E-state index contributed by atoms with van der Waals surface area (Å²) in [5, 5.41) is 20.7. The fourth-order valence-electron chi connectivity index (χ4n) is 3.65. The van der Waals surface area contributed by atoms with Crippen LogP contribution in [-0.2, 0) is 14.2 Å². The Bertz CT molecular complexity index is 347. The van der Waals surface area contributed by atoms with E-state index in [1.165, 1.54) is 0 Å². The van der Waals surface area contributed by atoms with Crippen LogP contribution >= 0.6 is 0 Å². The highest BCUT2D eigenvalue weighted by molar-refractivity contribution is 5.14. The van der Waals surface area contributed by atoms with Gasteiger partial charge in [-0.3, -0.25) is 0 Å². The normalized spacial score (nSPS) is 70.2. The highest BCUT2D eigenvalue weighted by atomic mass is 16.8. The number of hydrogen-bond donors (Lipinski definition) is 2. The molecular weight excluding hydrogens is 200 g/mol. The van der Waals surface area contributed by atoms with Crippen LogP contribution in [0.25, 0.3) is 0 Å².